The zero-order valence-corrected chi connectivity index (χ0v) is 9.18. The summed E-state index contributed by atoms with van der Waals surface area (Å²) in [6, 6.07) is 5.60. The highest BCUT2D eigenvalue weighted by Gasteiger charge is 2.20. The largest absolute Gasteiger partial charge is 0.285 e. The zero-order valence-electron chi connectivity index (χ0n) is 8.43. The van der Waals surface area contributed by atoms with Crippen molar-refractivity contribution in [3.63, 3.8) is 0 Å². The van der Waals surface area contributed by atoms with Crippen LogP contribution in [0.15, 0.2) is 27.8 Å². The van der Waals surface area contributed by atoms with Crippen LogP contribution < -0.4 is 10.9 Å². The molecule has 2 nitrogen and oxygen atoms in total. The van der Waals surface area contributed by atoms with Crippen molar-refractivity contribution in [3.05, 3.63) is 54.8 Å². The third kappa shape index (κ3) is 1.41. The number of hydrogen-bond donors (Lipinski definition) is 0. The van der Waals surface area contributed by atoms with Gasteiger partial charge in [0.1, 0.15) is 5.02 Å². The van der Waals surface area contributed by atoms with Crippen molar-refractivity contribution >= 4 is 11.6 Å². The first-order valence-electron chi connectivity index (χ1n) is 4.59. The highest BCUT2D eigenvalue weighted by Crippen LogP contribution is 2.24. The van der Waals surface area contributed by atoms with Crippen LogP contribution in [-0.4, -0.2) is 0 Å². The lowest BCUT2D eigenvalue weighted by Crippen LogP contribution is -2.33. The van der Waals surface area contributed by atoms with E-state index in [2.05, 4.69) is 0 Å². The molecule has 2 rings (SSSR count). The lowest BCUT2D eigenvalue weighted by atomic mass is 9.98. The second kappa shape index (κ2) is 3.31. The normalized spacial score (nSPS) is 10.9. The summed E-state index contributed by atoms with van der Waals surface area (Å²) in [5, 5.41) is 0.0586. The molecule has 0 aromatic heterocycles. The van der Waals surface area contributed by atoms with Crippen molar-refractivity contribution < 1.29 is 0 Å². The van der Waals surface area contributed by atoms with Crippen LogP contribution in [0.25, 0.3) is 11.1 Å². The maximum atomic E-state index is 11.3. The van der Waals surface area contributed by atoms with E-state index >= 15 is 0 Å². The van der Waals surface area contributed by atoms with Crippen LogP contribution in [0.4, 0.5) is 0 Å². The van der Waals surface area contributed by atoms with E-state index in [1.807, 2.05) is 32.0 Å². The molecule has 0 saturated carbocycles. The molecular formula is C12H9ClO2. The van der Waals surface area contributed by atoms with Crippen molar-refractivity contribution in [1.29, 1.82) is 0 Å². The average Bonchev–Trinajstić information content (AvgIpc) is 2.23. The Morgan fingerprint density at radius 3 is 2.20 bits per heavy atom. The number of benzene rings is 1. The van der Waals surface area contributed by atoms with Gasteiger partial charge in [-0.1, -0.05) is 29.8 Å². The molecule has 0 radical (unpaired) electrons. The highest BCUT2D eigenvalue weighted by molar-refractivity contribution is 6.34. The predicted molar refractivity (Wildman–Crippen MR) is 61.3 cm³/mol. The SMILES string of the molecule is Cc1ccc(-c2c(Cl)c(=O)c2=O)cc1C. The van der Waals surface area contributed by atoms with E-state index in [0.717, 1.165) is 16.7 Å². The zero-order chi connectivity index (χ0) is 11.2. The highest BCUT2D eigenvalue weighted by atomic mass is 35.5. The molecule has 3 heteroatoms. The Hall–Kier alpha value is -1.41. The lowest BCUT2D eigenvalue weighted by molar-refractivity contribution is 1.33. The van der Waals surface area contributed by atoms with Crippen LogP contribution in [0.1, 0.15) is 11.1 Å². The minimum atomic E-state index is -0.579. The Morgan fingerprint density at radius 1 is 1.00 bits per heavy atom. The Balaban J connectivity index is 2.62. The molecule has 0 amide bonds. The van der Waals surface area contributed by atoms with Gasteiger partial charge in [-0.15, -0.1) is 0 Å². The van der Waals surface area contributed by atoms with Crippen molar-refractivity contribution in [2.24, 2.45) is 0 Å². The number of aryl methyl sites for hydroxylation is 2. The summed E-state index contributed by atoms with van der Waals surface area (Å²) in [5.41, 5.74) is 2.25. The molecule has 0 spiro atoms. The minimum Gasteiger partial charge on any atom is -0.285 e. The summed E-state index contributed by atoms with van der Waals surface area (Å²) in [6.07, 6.45) is 0. The maximum absolute atomic E-state index is 11.3. The fourth-order valence-electron chi connectivity index (χ4n) is 1.52. The van der Waals surface area contributed by atoms with Gasteiger partial charge in [0.2, 0.25) is 10.9 Å². The van der Waals surface area contributed by atoms with Crippen LogP contribution >= 0.6 is 11.6 Å². The van der Waals surface area contributed by atoms with Crippen LogP contribution in [0.5, 0.6) is 0 Å². The third-order valence-electron chi connectivity index (χ3n) is 2.65. The van der Waals surface area contributed by atoms with E-state index in [9.17, 15) is 9.59 Å². The monoisotopic (exact) mass is 220 g/mol. The van der Waals surface area contributed by atoms with Gasteiger partial charge in [0, 0.05) is 0 Å². The molecule has 0 atom stereocenters. The van der Waals surface area contributed by atoms with Gasteiger partial charge < -0.3 is 0 Å². The second-order valence-corrected chi connectivity index (χ2v) is 4.02. The minimum absolute atomic E-state index is 0.0586. The molecular weight excluding hydrogens is 212 g/mol. The molecule has 0 fully saturated rings. The predicted octanol–water partition coefficient (Wildman–Crippen LogP) is 2.22. The topological polar surface area (TPSA) is 34.1 Å². The fraction of sp³-hybridized carbons (Fsp3) is 0.167. The first-order chi connectivity index (χ1) is 7.02. The lowest BCUT2D eigenvalue weighted by Gasteiger charge is -2.07. The molecule has 0 bridgehead atoms. The van der Waals surface area contributed by atoms with Crippen molar-refractivity contribution in [1.82, 2.24) is 0 Å². The van der Waals surface area contributed by atoms with E-state index < -0.39 is 10.9 Å². The van der Waals surface area contributed by atoms with Crippen molar-refractivity contribution in [2.45, 2.75) is 13.8 Å². The van der Waals surface area contributed by atoms with Crippen LogP contribution in [0, 0.1) is 13.8 Å². The summed E-state index contributed by atoms with van der Waals surface area (Å²) >= 11 is 5.70. The Kier molecular flexibility index (Phi) is 2.24. The van der Waals surface area contributed by atoms with E-state index in [1.165, 1.54) is 0 Å². The van der Waals surface area contributed by atoms with Crippen LogP contribution in [0.2, 0.25) is 5.02 Å². The molecule has 0 aliphatic heterocycles. The number of hydrogen-bond acceptors (Lipinski definition) is 2. The molecule has 15 heavy (non-hydrogen) atoms. The van der Waals surface area contributed by atoms with E-state index in [1.54, 1.807) is 0 Å². The standard InChI is InChI=1S/C12H9ClO2/c1-6-3-4-8(5-7(6)2)9-10(13)12(15)11(9)14/h3-5H,1-2H3. The Bertz CT molecular complexity index is 604. The van der Waals surface area contributed by atoms with Crippen molar-refractivity contribution in [3.8, 4) is 11.1 Å². The van der Waals surface area contributed by atoms with Crippen LogP contribution in [0.3, 0.4) is 0 Å². The number of halogens is 1. The van der Waals surface area contributed by atoms with E-state index in [-0.39, 0.29) is 5.02 Å². The van der Waals surface area contributed by atoms with Gasteiger partial charge >= 0.3 is 0 Å². The average molecular weight is 221 g/mol. The summed E-state index contributed by atoms with van der Waals surface area (Å²) in [4.78, 5) is 22.2. The summed E-state index contributed by atoms with van der Waals surface area (Å²) in [7, 11) is 0. The first-order valence-corrected chi connectivity index (χ1v) is 4.96. The molecule has 2 aromatic carbocycles. The molecule has 0 aliphatic rings. The van der Waals surface area contributed by atoms with Gasteiger partial charge in [-0.2, -0.15) is 0 Å². The van der Waals surface area contributed by atoms with Crippen molar-refractivity contribution in [2.75, 3.05) is 0 Å². The third-order valence-corrected chi connectivity index (χ3v) is 3.01. The molecule has 0 saturated heterocycles. The molecule has 0 heterocycles. The van der Waals surface area contributed by atoms with Gasteiger partial charge in [-0.25, -0.2) is 0 Å². The summed E-state index contributed by atoms with van der Waals surface area (Å²) < 4.78 is 0. The molecule has 0 unspecified atom stereocenters. The van der Waals surface area contributed by atoms with E-state index in [4.69, 9.17) is 11.6 Å². The summed E-state index contributed by atoms with van der Waals surface area (Å²) in [6.45, 7) is 3.95. The molecule has 76 valence electrons. The first kappa shape index (κ1) is 10.1. The smallest absolute Gasteiger partial charge is 0.245 e. The Morgan fingerprint density at radius 2 is 1.67 bits per heavy atom. The van der Waals surface area contributed by atoms with Gasteiger partial charge in [0.05, 0.1) is 5.56 Å². The van der Waals surface area contributed by atoms with Gasteiger partial charge in [-0.05, 0) is 30.5 Å². The van der Waals surface area contributed by atoms with E-state index in [0.29, 0.717) is 5.56 Å². The second-order valence-electron chi connectivity index (χ2n) is 3.65. The van der Waals surface area contributed by atoms with Gasteiger partial charge in [0.25, 0.3) is 0 Å². The van der Waals surface area contributed by atoms with Crippen LogP contribution in [-0.2, 0) is 0 Å². The molecule has 2 aromatic rings. The molecule has 0 N–H and O–H groups in total. The fourth-order valence-corrected chi connectivity index (χ4v) is 1.80. The quantitative estimate of drug-likeness (QED) is 0.691. The number of rotatable bonds is 1. The maximum Gasteiger partial charge on any atom is 0.245 e. The Labute approximate surface area is 91.8 Å². The molecule has 0 aliphatic carbocycles. The van der Waals surface area contributed by atoms with Gasteiger partial charge in [0.15, 0.2) is 0 Å². The summed E-state index contributed by atoms with van der Waals surface area (Å²) in [5.74, 6) is 0. The van der Waals surface area contributed by atoms with Gasteiger partial charge in [-0.3, -0.25) is 9.59 Å².